The molecule has 3 nitrogen and oxygen atoms in total. The molecule has 4 aliphatic carbocycles. The Morgan fingerprint density at radius 1 is 1.11 bits per heavy atom. The predicted molar refractivity (Wildman–Crippen MR) is 73.8 cm³/mol. The largest absolute Gasteiger partial charge is 0.333 e. The number of nitrogens with two attached hydrogens (primary N) is 1. The van der Waals surface area contributed by atoms with Gasteiger partial charge in [-0.3, -0.25) is 0 Å². The molecular formula is C16H23N3. The van der Waals surface area contributed by atoms with Gasteiger partial charge in [0.1, 0.15) is 0 Å². The standard InChI is InChI=1S/C16H23N3/c17-13-4-14-15(18-9-19(14)8-13)16-5-10-1-11(6-16)3-12(2-10)7-16/h9-13H,1-8,17H2. The Labute approximate surface area is 114 Å². The SMILES string of the molecule is NC1Cc2c(C34CC5CC(CC(C5)C3)C4)ncn2C1. The first-order chi connectivity index (χ1) is 9.22. The van der Waals surface area contributed by atoms with Crippen LogP contribution in [0.5, 0.6) is 0 Å². The first-order valence-corrected chi connectivity index (χ1v) is 8.02. The lowest BCUT2D eigenvalue weighted by molar-refractivity contribution is -0.00742. The topological polar surface area (TPSA) is 43.8 Å². The van der Waals surface area contributed by atoms with Gasteiger partial charge in [0, 0.05) is 30.1 Å². The van der Waals surface area contributed by atoms with Crippen molar-refractivity contribution in [2.45, 2.75) is 62.9 Å². The van der Waals surface area contributed by atoms with Gasteiger partial charge in [0.05, 0.1) is 12.0 Å². The Bertz CT molecular complexity index is 495. The van der Waals surface area contributed by atoms with Crippen molar-refractivity contribution in [3.05, 3.63) is 17.7 Å². The van der Waals surface area contributed by atoms with E-state index in [-0.39, 0.29) is 0 Å². The number of rotatable bonds is 1. The zero-order chi connectivity index (χ0) is 12.6. The van der Waals surface area contributed by atoms with E-state index in [1.54, 1.807) is 0 Å². The summed E-state index contributed by atoms with van der Waals surface area (Å²) >= 11 is 0. The van der Waals surface area contributed by atoms with Gasteiger partial charge < -0.3 is 10.3 Å². The van der Waals surface area contributed by atoms with Crippen LogP contribution in [-0.2, 0) is 18.4 Å². The van der Waals surface area contributed by atoms with E-state index in [4.69, 9.17) is 10.7 Å². The summed E-state index contributed by atoms with van der Waals surface area (Å²) in [5.41, 5.74) is 9.52. The quantitative estimate of drug-likeness (QED) is 0.838. The molecule has 1 unspecified atom stereocenters. The lowest BCUT2D eigenvalue weighted by Gasteiger charge is -2.56. The molecule has 1 aromatic rings. The molecule has 2 N–H and O–H groups in total. The summed E-state index contributed by atoms with van der Waals surface area (Å²) in [6.45, 7) is 0.981. The van der Waals surface area contributed by atoms with E-state index in [1.165, 1.54) is 49.9 Å². The van der Waals surface area contributed by atoms with E-state index in [0.29, 0.717) is 11.5 Å². The van der Waals surface area contributed by atoms with Crippen molar-refractivity contribution in [3.8, 4) is 0 Å². The molecule has 4 bridgehead atoms. The van der Waals surface area contributed by atoms with Gasteiger partial charge in [-0.2, -0.15) is 0 Å². The van der Waals surface area contributed by atoms with Gasteiger partial charge in [-0.05, 0) is 56.3 Å². The van der Waals surface area contributed by atoms with Crippen LogP contribution in [0.25, 0.3) is 0 Å². The highest BCUT2D eigenvalue weighted by Crippen LogP contribution is 2.61. The van der Waals surface area contributed by atoms with Crippen LogP contribution < -0.4 is 5.73 Å². The molecule has 2 heterocycles. The third-order valence-electron chi connectivity index (χ3n) is 6.37. The van der Waals surface area contributed by atoms with Gasteiger partial charge in [-0.25, -0.2) is 4.98 Å². The second kappa shape index (κ2) is 3.43. The Balaban J connectivity index is 1.59. The summed E-state index contributed by atoms with van der Waals surface area (Å²) in [5.74, 6) is 3.00. The van der Waals surface area contributed by atoms with Crippen molar-refractivity contribution in [1.29, 1.82) is 0 Å². The van der Waals surface area contributed by atoms with Crippen LogP contribution in [0, 0.1) is 17.8 Å². The molecule has 0 saturated heterocycles. The van der Waals surface area contributed by atoms with Crippen LogP contribution in [0.4, 0.5) is 0 Å². The minimum absolute atomic E-state index is 0.325. The fourth-order valence-corrected chi connectivity index (χ4v) is 6.19. The maximum absolute atomic E-state index is 6.14. The van der Waals surface area contributed by atoms with Gasteiger partial charge in [-0.15, -0.1) is 0 Å². The van der Waals surface area contributed by atoms with Gasteiger partial charge in [-0.1, -0.05) is 0 Å². The van der Waals surface area contributed by atoms with Crippen LogP contribution in [0.3, 0.4) is 0 Å². The summed E-state index contributed by atoms with van der Waals surface area (Å²) in [4.78, 5) is 4.87. The highest BCUT2D eigenvalue weighted by molar-refractivity contribution is 5.30. The highest BCUT2D eigenvalue weighted by atomic mass is 15.1. The molecule has 4 saturated carbocycles. The molecule has 0 amide bonds. The number of nitrogens with zero attached hydrogens (tertiary/aromatic N) is 2. The summed E-state index contributed by atoms with van der Waals surface area (Å²) in [6, 6.07) is 0.325. The van der Waals surface area contributed by atoms with Crippen molar-refractivity contribution < 1.29 is 0 Å². The van der Waals surface area contributed by atoms with Crippen molar-refractivity contribution in [3.63, 3.8) is 0 Å². The third-order valence-corrected chi connectivity index (χ3v) is 6.37. The number of hydrogen-bond donors (Lipinski definition) is 1. The zero-order valence-electron chi connectivity index (χ0n) is 11.5. The van der Waals surface area contributed by atoms with Gasteiger partial charge in [0.25, 0.3) is 0 Å². The molecule has 4 fully saturated rings. The van der Waals surface area contributed by atoms with Gasteiger partial charge in [0.15, 0.2) is 0 Å². The second-order valence-electron chi connectivity index (χ2n) is 7.85. The number of hydrogen-bond acceptors (Lipinski definition) is 2. The molecule has 1 aromatic heterocycles. The van der Waals surface area contributed by atoms with E-state index in [9.17, 15) is 0 Å². The third kappa shape index (κ3) is 1.40. The number of fused-ring (bicyclic) bond motifs is 1. The van der Waals surface area contributed by atoms with Crippen LogP contribution in [0.1, 0.15) is 49.9 Å². The van der Waals surface area contributed by atoms with Crippen LogP contribution in [0.2, 0.25) is 0 Å². The minimum atomic E-state index is 0.325. The van der Waals surface area contributed by atoms with Gasteiger partial charge in [0.2, 0.25) is 0 Å². The molecular weight excluding hydrogens is 234 g/mol. The lowest BCUT2D eigenvalue weighted by Crippen LogP contribution is -2.49. The van der Waals surface area contributed by atoms with E-state index in [1.807, 2.05) is 0 Å². The normalized spacial score (nSPS) is 46.8. The second-order valence-corrected chi connectivity index (χ2v) is 7.85. The average molecular weight is 257 g/mol. The zero-order valence-corrected chi connectivity index (χ0v) is 11.5. The summed E-state index contributed by atoms with van der Waals surface area (Å²) in [6.07, 6.45) is 11.9. The molecule has 1 atom stereocenters. The van der Waals surface area contributed by atoms with Crippen molar-refractivity contribution >= 4 is 0 Å². The maximum Gasteiger partial charge on any atom is 0.0952 e. The Kier molecular flexibility index (Phi) is 1.97. The molecule has 6 rings (SSSR count). The van der Waals surface area contributed by atoms with Crippen LogP contribution in [0.15, 0.2) is 6.33 Å². The molecule has 5 aliphatic rings. The summed E-state index contributed by atoms with van der Waals surface area (Å²) < 4.78 is 2.33. The lowest BCUT2D eigenvalue weighted by atomic mass is 9.48. The summed E-state index contributed by atoms with van der Waals surface area (Å²) in [5, 5.41) is 0. The van der Waals surface area contributed by atoms with Crippen molar-refractivity contribution in [2.24, 2.45) is 23.5 Å². The van der Waals surface area contributed by atoms with E-state index in [0.717, 1.165) is 30.7 Å². The Morgan fingerprint density at radius 3 is 2.37 bits per heavy atom. The molecule has 3 heteroatoms. The fourth-order valence-electron chi connectivity index (χ4n) is 6.19. The Morgan fingerprint density at radius 2 is 1.74 bits per heavy atom. The Hall–Kier alpha value is -0.830. The maximum atomic E-state index is 6.14. The predicted octanol–water partition coefficient (Wildman–Crippen LogP) is 2.23. The van der Waals surface area contributed by atoms with E-state index in [2.05, 4.69) is 10.9 Å². The van der Waals surface area contributed by atoms with Crippen molar-refractivity contribution in [2.75, 3.05) is 0 Å². The molecule has 0 radical (unpaired) electrons. The molecule has 1 aliphatic heterocycles. The molecule has 0 aromatic carbocycles. The number of aromatic nitrogens is 2. The first-order valence-electron chi connectivity index (χ1n) is 8.02. The first kappa shape index (κ1) is 10.9. The fraction of sp³-hybridized carbons (Fsp3) is 0.812. The summed E-state index contributed by atoms with van der Waals surface area (Å²) in [7, 11) is 0. The van der Waals surface area contributed by atoms with E-state index < -0.39 is 0 Å². The molecule has 19 heavy (non-hydrogen) atoms. The smallest absolute Gasteiger partial charge is 0.0952 e. The minimum Gasteiger partial charge on any atom is -0.333 e. The highest BCUT2D eigenvalue weighted by Gasteiger charge is 2.53. The van der Waals surface area contributed by atoms with Crippen molar-refractivity contribution in [1.82, 2.24) is 9.55 Å². The van der Waals surface area contributed by atoms with Gasteiger partial charge >= 0.3 is 0 Å². The van der Waals surface area contributed by atoms with E-state index >= 15 is 0 Å². The average Bonchev–Trinajstić information content (AvgIpc) is 2.85. The number of imidazole rings is 1. The van der Waals surface area contributed by atoms with Crippen LogP contribution in [-0.4, -0.2) is 15.6 Å². The van der Waals surface area contributed by atoms with Crippen LogP contribution >= 0.6 is 0 Å². The monoisotopic (exact) mass is 257 g/mol. The molecule has 0 spiro atoms. The molecule has 102 valence electrons.